The van der Waals surface area contributed by atoms with E-state index in [1.807, 2.05) is 0 Å². The first kappa shape index (κ1) is 15.9. The van der Waals surface area contributed by atoms with Crippen molar-refractivity contribution in [2.45, 2.75) is 70.4 Å². The molecule has 1 aromatic heterocycles. The summed E-state index contributed by atoms with van der Waals surface area (Å²) >= 11 is 1.80. The average Bonchev–Trinajstić information content (AvgIpc) is 3.04. The molecule has 114 valence electrons. The minimum absolute atomic E-state index is 0.154. The van der Waals surface area contributed by atoms with Gasteiger partial charge in [-0.2, -0.15) is 0 Å². The molecule has 2 unspecified atom stereocenters. The maximum absolute atomic E-state index is 5.71. The van der Waals surface area contributed by atoms with Crippen LogP contribution >= 0.6 is 11.3 Å². The Morgan fingerprint density at radius 3 is 2.85 bits per heavy atom. The summed E-state index contributed by atoms with van der Waals surface area (Å²) in [6.07, 6.45) is 6.34. The third-order valence-corrected chi connectivity index (χ3v) is 4.88. The standard InChI is InChI=1S/C16H28N2OS/c1-16(2,3)14-11-20-15(18-14)10-12(17-4)7-8-13-6-5-9-19-13/h11-13,17H,5-10H2,1-4H3. The van der Waals surface area contributed by atoms with Gasteiger partial charge in [-0.15, -0.1) is 11.3 Å². The highest BCUT2D eigenvalue weighted by molar-refractivity contribution is 7.09. The minimum Gasteiger partial charge on any atom is -0.378 e. The zero-order valence-electron chi connectivity index (χ0n) is 13.2. The van der Waals surface area contributed by atoms with Gasteiger partial charge in [0.25, 0.3) is 0 Å². The summed E-state index contributed by atoms with van der Waals surface area (Å²) in [4.78, 5) is 4.80. The number of nitrogens with zero attached hydrogens (tertiary/aromatic N) is 1. The maximum atomic E-state index is 5.71. The molecule has 2 atom stereocenters. The lowest BCUT2D eigenvalue weighted by atomic mass is 9.93. The zero-order valence-corrected chi connectivity index (χ0v) is 14.1. The molecule has 0 aromatic carbocycles. The number of hydrogen-bond acceptors (Lipinski definition) is 4. The zero-order chi connectivity index (χ0) is 14.6. The van der Waals surface area contributed by atoms with Crippen LogP contribution in [0.1, 0.15) is 57.2 Å². The lowest BCUT2D eigenvalue weighted by Crippen LogP contribution is -2.28. The van der Waals surface area contributed by atoms with Gasteiger partial charge >= 0.3 is 0 Å². The van der Waals surface area contributed by atoms with Gasteiger partial charge in [-0.25, -0.2) is 4.98 Å². The molecular formula is C16H28N2OS. The lowest BCUT2D eigenvalue weighted by Gasteiger charge is -2.17. The smallest absolute Gasteiger partial charge is 0.0944 e. The van der Waals surface area contributed by atoms with Crippen LogP contribution in [0.3, 0.4) is 0 Å². The molecule has 1 aliphatic heterocycles. The second-order valence-electron chi connectivity index (χ2n) is 6.78. The molecule has 20 heavy (non-hydrogen) atoms. The van der Waals surface area contributed by atoms with Crippen LogP contribution in [0.5, 0.6) is 0 Å². The van der Waals surface area contributed by atoms with Gasteiger partial charge in [-0.05, 0) is 32.7 Å². The van der Waals surface area contributed by atoms with Gasteiger partial charge in [0.15, 0.2) is 0 Å². The van der Waals surface area contributed by atoms with Gasteiger partial charge in [0, 0.05) is 29.9 Å². The van der Waals surface area contributed by atoms with Crippen LogP contribution in [-0.4, -0.2) is 30.8 Å². The highest BCUT2D eigenvalue weighted by Crippen LogP contribution is 2.25. The summed E-state index contributed by atoms with van der Waals surface area (Å²) in [6, 6.07) is 0.512. The monoisotopic (exact) mass is 296 g/mol. The molecule has 3 nitrogen and oxygen atoms in total. The maximum Gasteiger partial charge on any atom is 0.0944 e. The van der Waals surface area contributed by atoms with E-state index in [0.29, 0.717) is 12.1 Å². The number of ether oxygens (including phenoxy) is 1. The van der Waals surface area contributed by atoms with Crippen LogP contribution in [0.4, 0.5) is 0 Å². The summed E-state index contributed by atoms with van der Waals surface area (Å²) in [5.74, 6) is 0. The Bertz CT molecular complexity index is 405. The fourth-order valence-corrected chi connectivity index (χ4v) is 3.67. The Kier molecular flexibility index (Phi) is 5.58. The van der Waals surface area contributed by atoms with Gasteiger partial charge in [0.1, 0.15) is 0 Å². The van der Waals surface area contributed by atoms with Crippen molar-refractivity contribution >= 4 is 11.3 Å². The molecule has 0 amide bonds. The number of nitrogens with one attached hydrogen (secondary N) is 1. The molecule has 2 heterocycles. The van der Waals surface area contributed by atoms with Crippen LogP contribution in [0.15, 0.2) is 5.38 Å². The van der Waals surface area contributed by atoms with E-state index in [4.69, 9.17) is 9.72 Å². The Hall–Kier alpha value is -0.450. The Morgan fingerprint density at radius 1 is 1.50 bits per heavy atom. The highest BCUT2D eigenvalue weighted by Gasteiger charge is 2.20. The molecule has 0 aliphatic carbocycles. The third-order valence-electron chi connectivity index (χ3n) is 4.01. The number of thiazole rings is 1. The van der Waals surface area contributed by atoms with Gasteiger partial charge < -0.3 is 10.1 Å². The SMILES string of the molecule is CNC(CCC1CCCO1)Cc1nc(C(C)(C)C)cs1. The second-order valence-corrected chi connectivity index (χ2v) is 7.72. The normalized spacial score (nSPS) is 21.3. The van der Waals surface area contributed by atoms with Gasteiger partial charge in [0.2, 0.25) is 0 Å². The molecule has 1 saturated heterocycles. The highest BCUT2D eigenvalue weighted by atomic mass is 32.1. The Balaban J connectivity index is 1.84. The fourth-order valence-electron chi connectivity index (χ4n) is 2.57. The topological polar surface area (TPSA) is 34.1 Å². The number of aromatic nitrogens is 1. The van der Waals surface area contributed by atoms with E-state index in [-0.39, 0.29) is 5.41 Å². The molecule has 0 radical (unpaired) electrons. The number of hydrogen-bond donors (Lipinski definition) is 1. The third kappa shape index (κ3) is 4.54. The first-order valence-electron chi connectivity index (χ1n) is 7.73. The summed E-state index contributed by atoms with van der Waals surface area (Å²) in [5, 5.41) is 6.90. The second kappa shape index (κ2) is 7.01. The largest absolute Gasteiger partial charge is 0.378 e. The Labute approximate surface area is 127 Å². The molecular weight excluding hydrogens is 268 g/mol. The van der Waals surface area contributed by atoms with Gasteiger partial charge in [-0.3, -0.25) is 0 Å². The van der Waals surface area contributed by atoms with Crippen LogP contribution in [-0.2, 0) is 16.6 Å². The predicted molar refractivity (Wildman–Crippen MR) is 85.6 cm³/mol. The summed E-state index contributed by atoms with van der Waals surface area (Å²) in [6.45, 7) is 7.62. The first-order chi connectivity index (χ1) is 9.49. The quantitative estimate of drug-likeness (QED) is 0.872. The van der Waals surface area contributed by atoms with E-state index in [1.54, 1.807) is 11.3 Å². The number of likely N-dealkylation sites (N-methyl/N-ethyl adjacent to an activating group) is 1. The van der Waals surface area contributed by atoms with Gasteiger partial charge in [-0.1, -0.05) is 20.8 Å². The fraction of sp³-hybridized carbons (Fsp3) is 0.812. The molecule has 2 rings (SSSR count). The van der Waals surface area contributed by atoms with Crippen molar-refractivity contribution in [1.82, 2.24) is 10.3 Å². The Morgan fingerprint density at radius 2 is 2.30 bits per heavy atom. The van der Waals surface area contributed by atoms with E-state index < -0.39 is 0 Å². The van der Waals surface area contributed by atoms with Crippen molar-refractivity contribution < 1.29 is 4.74 Å². The number of rotatable bonds is 6. The van der Waals surface area contributed by atoms with E-state index in [1.165, 1.54) is 36.4 Å². The van der Waals surface area contributed by atoms with Crippen molar-refractivity contribution in [1.29, 1.82) is 0 Å². The average molecular weight is 296 g/mol. The van der Waals surface area contributed by atoms with Crippen molar-refractivity contribution in [3.05, 3.63) is 16.1 Å². The summed E-state index contributed by atoms with van der Waals surface area (Å²) in [5.41, 5.74) is 1.37. The molecule has 4 heteroatoms. The van der Waals surface area contributed by atoms with Crippen molar-refractivity contribution in [3.8, 4) is 0 Å². The van der Waals surface area contributed by atoms with Crippen LogP contribution < -0.4 is 5.32 Å². The van der Waals surface area contributed by atoms with E-state index in [0.717, 1.165) is 13.0 Å². The molecule has 0 saturated carbocycles. The molecule has 0 bridgehead atoms. The summed E-state index contributed by atoms with van der Waals surface area (Å²) < 4.78 is 5.71. The first-order valence-corrected chi connectivity index (χ1v) is 8.60. The van der Waals surface area contributed by atoms with Crippen molar-refractivity contribution in [2.24, 2.45) is 0 Å². The van der Waals surface area contributed by atoms with Gasteiger partial charge in [0.05, 0.1) is 16.8 Å². The lowest BCUT2D eigenvalue weighted by molar-refractivity contribution is 0.0998. The summed E-state index contributed by atoms with van der Waals surface area (Å²) in [7, 11) is 2.05. The molecule has 0 spiro atoms. The molecule has 1 aliphatic rings. The van der Waals surface area contributed by atoms with Crippen molar-refractivity contribution in [3.63, 3.8) is 0 Å². The molecule has 1 aromatic rings. The van der Waals surface area contributed by atoms with Crippen LogP contribution in [0.2, 0.25) is 0 Å². The predicted octanol–water partition coefficient (Wildman–Crippen LogP) is 3.53. The molecule has 1 fully saturated rings. The van der Waals surface area contributed by atoms with E-state index in [2.05, 4.69) is 38.5 Å². The van der Waals surface area contributed by atoms with Crippen LogP contribution in [0, 0.1) is 0 Å². The molecule has 1 N–H and O–H groups in total. The van der Waals surface area contributed by atoms with Crippen molar-refractivity contribution in [2.75, 3.05) is 13.7 Å². The minimum atomic E-state index is 0.154. The van der Waals surface area contributed by atoms with E-state index >= 15 is 0 Å². The van der Waals surface area contributed by atoms with Crippen LogP contribution in [0.25, 0.3) is 0 Å². The van der Waals surface area contributed by atoms with E-state index in [9.17, 15) is 0 Å².